The van der Waals surface area contributed by atoms with E-state index in [2.05, 4.69) is 0 Å². The minimum atomic E-state index is -0.604. The smallest absolute Gasteiger partial charge is 0.263 e. The van der Waals surface area contributed by atoms with E-state index in [1.165, 1.54) is 44.2 Å². The molecule has 1 aliphatic heterocycles. The lowest BCUT2D eigenvalue weighted by Gasteiger charge is -2.26. The largest absolute Gasteiger partial charge is 0.508 e. The van der Waals surface area contributed by atoms with Gasteiger partial charge in [0.05, 0.1) is 0 Å². The second-order valence-electron chi connectivity index (χ2n) is 8.36. The molecule has 1 heterocycles. The number of ether oxygens (including phenoxy) is 1. The molecule has 160 valence electrons. The molecule has 6 heteroatoms. The van der Waals surface area contributed by atoms with E-state index in [0.717, 1.165) is 25.3 Å². The van der Waals surface area contributed by atoms with Crippen LogP contribution in [-0.2, 0) is 9.59 Å². The van der Waals surface area contributed by atoms with Crippen LogP contribution in [0.4, 0.5) is 0 Å². The predicted molar refractivity (Wildman–Crippen MR) is 112 cm³/mol. The number of phenols is 1. The van der Waals surface area contributed by atoms with Crippen molar-refractivity contribution in [2.45, 2.75) is 64.4 Å². The van der Waals surface area contributed by atoms with E-state index >= 15 is 0 Å². The van der Waals surface area contributed by atoms with Crippen LogP contribution in [0.1, 0.15) is 58.3 Å². The van der Waals surface area contributed by atoms with E-state index in [1.807, 2.05) is 4.90 Å². The van der Waals surface area contributed by atoms with Gasteiger partial charge in [-0.3, -0.25) is 9.59 Å². The van der Waals surface area contributed by atoms with Crippen LogP contribution in [0.15, 0.2) is 24.3 Å². The zero-order valence-corrected chi connectivity index (χ0v) is 17.5. The second-order valence-corrected chi connectivity index (χ2v) is 8.36. The number of carbonyl (C=O) groups is 2. The van der Waals surface area contributed by atoms with Gasteiger partial charge >= 0.3 is 0 Å². The molecule has 0 radical (unpaired) electrons. The van der Waals surface area contributed by atoms with E-state index in [1.54, 1.807) is 24.0 Å². The molecule has 1 saturated carbocycles. The summed E-state index contributed by atoms with van der Waals surface area (Å²) in [5, 5.41) is 9.35. The molecule has 2 amide bonds. The number of aromatic hydroxyl groups is 1. The topological polar surface area (TPSA) is 70.1 Å². The van der Waals surface area contributed by atoms with E-state index in [-0.39, 0.29) is 17.6 Å². The number of hydrogen-bond donors (Lipinski definition) is 1. The number of hydrogen-bond acceptors (Lipinski definition) is 4. The Bertz CT molecular complexity index is 670. The molecule has 1 atom stereocenters. The van der Waals surface area contributed by atoms with Crippen LogP contribution >= 0.6 is 0 Å². The Balaban J connectivity index is 1.44. The third kappa shape index (κ3) is 6.38. The summed E-state index contributed by atoms with van der Waals surface area (Å²) in [7, 11) is 0. The molecular formula is C23H34N2O4. The molecule has 1 unspecified atom stereocenters. The van der Waals surface area contributed by atoms with Crippen molar-refractivity contribution < 1.29 is 19.4 Å². The molecular weight excluding hydrogens is 368 g/mol. The monoisotopic (exact) mass is 402 g/mol. The first kappa shape index (κ1) is 21.5. The molecule has 0 aromatic heterocycles. The number of nitrogens with zero attached hydrogens (tertiary/aromatic N) is 2. The zero-order valence-electron chi connectivity index (χ0n) is 17.5. The van der Waals surface area contributed by atoms with Crippen LogP contribution < -0.4 is 4.74 Å². The van der Waals surface area contributed by atoms with Crippen molar-refractivity contribution in [3.8, 4) is 11.5 Å². The molecule has 1 aliphatic carbocycles. The van der Waals surface area contributed by atoms with E-state index < -0.39 is 6.10 Å². The van der Waals surface area contributed by atoms with Gasteiger partial charge in [0.25, 0.3) is 5.91 Å². The zero-order chi connectivity index (χ0) is 20.6. The van der Waals surface area contributed by atoms with Gasteiger partial charge in [-0.25, -0.2) is 0 Å². The van der Waals surface area contributed by atoms with Crippen LogP contribution in [0.3, 0.4) is 0 Å². The van der Waals surface area contributed by atoms with Crippen molar-refractivity contribution in [2.24, 2.45) is 5.92 Å². The highest BCUT2D eigenvalue weighted by molar-refractivity contribution is 5.81. The lowest BCUT2D eigenvalue weighted by Crippen LogP contribution is -2.43. The summed E-state index contributed by atoms with van der Waals surface area (Å²) >= 11 is 0. The number of amides is 2. The molecule has 0 spiro atoms. The first-order valence-electron chi connectivity index (χ1n) is 11.0. The quantitative estimate of drug-likeness (QED) is 0.790. The average molecular weight is 403 g/mol. The van der Waals surface area contributed by atoms with Crippen LogP contribution in [0.2, 0.25) is 0 Å². The Labute approximate surface area is 173 Å². The van der Waals surface area contributed by atoms with Gasteiger partial charge in [-0.05, 0) is 49.9 Å². The summed E-state index contributed by atoms with van der Waals surface area (Å²) in [4.78, 5) is 29.2. The highest BCUT2D eigenvalue weighted by Gasteiger charge is 2.26. The Hall–Kier alpha value is -2.24. The van der Waals surface area contributed by atoms with Gasteiger partial charge in [-0.15, -0.1) is 0 Å². The molecule has 6 nitrogen and oxygen atoms in total. The van der Waals surface area contributed by atoms with Crippen molar-refractivity contribution in [3.63, 3.8) is 0 Å². The summed E-state index contributed by atoms with van der Waals surface area (Å²) in [6, 6.07) is 6.37. The normalized spacial score (nSPS) is 19.5. The first-order chi connectivity index (χ1) is 14.0. The van der Waals surface area contributed by atoms with Crippen molar-refractivity contribution in [1.29, 1.82) is 0 Å². The van der Waals surface area contributed by atoms with E-state index in [4.69, 9.17) is 4.74 Å². The predicted octanol–water partition coefficient (Wildman–Crippen LogP) is 3.58. The highest BCUT2D eigenvalue weighted by Crippen LogP contribution is 2.27. The van der Waals surface area contributed by atoms with Gasteiger partial charge in [-0.1, -0.05) is 32.1 Å². The minimum absolute atomic E-state index is 0.0606. The first-order valence-corrected chi connectivity index (χ1v) is 11.0. The molecule has 2 aliphatic rings. The van der Waals surface area contributed by atoms with Crippen molar-refractivity contribution in [1.82, 2.24) is 9.80 Å². The third-order valence-electron chi connectivity index (χ3n) is 6.15. The fourth-order valence-corrected chi connectivity index (χ4v) is 4.39. The molecule has 29 heavy (non-hydrogen) atoms. The maximum atomic E-state index is 12.8. The summed E-state index contributed by atoms with van der Waals surface area (Å²) in [6.07, 6.45) is 8.35. The molecule has 1 aromatic rings. The lowest BCUT2D eigenvalue weighted by atomic mass is 9.86. The number of phenolic OH excluding ortho intramolecular Hbond substituents is 1. The van der Waals surface area contributed by atoms with Crippen molar-refractivity contribution in [2.75, 3.05) is 26.2 Å². The van der Waals surface area contributed by atoms with Crippen LogP contribution in [-0.4, -0.2) is 59.0 Å². The molecule has 1 aromatic carbocycles. The lowest BCUT2D eigenvalue weighted by molar-refractivity contribution is -0.138. The fraction of sp³-hybridized carbons (Fsp3) is 0.652. The molecule has 0 bridgehead atoms. The minimum Gasteiger partial charge on any atom is -0.508 e. The fourth-order valence-electron chi connectivity index (χ4n) is 4.39. The Kier molecular flexibility index (Phi) is 7.78. The molecule has 2 fully saturated rings. The maximum absolute atomic E-state index is 12.8. The SMILES string of the molecule is CC(Oc1ccc(O)cc1)C(=O)N1CCCN(C(=O)CCC2CCCCC2)CC1. The standard InChI is InChI=1S/C23H34N2O4/c1-18(29-21-11-9-20(26)10-12-21)23(28)25-15-5-14-24(16-17-25)22(27)13-8-19-6-3-2-4-7-19/h9-12,18-19,26H,2-8,13-17H2,1H3. The number of carbonyl (C=O) groups excluding carboxylic acids is 2. The third-order valence-corrected chi connectivity index (χ3v) is 6.15. The highest BCUT2D eigenvalue weighted by atomic mass is 16.5. The van der Waals surface area contributed by atoms with Crippen molar-refractivity contribution >= 4 is 11.8 Å². The maximum Gasteiger partial charge on any atom is 0.263 e. The number of rotatable bonds is 6. The second kappa shape index (κ2) is 10.5. The summed E-state index contributed by atoms with van der Waals surface area (Å²) in [5.74, 6) is 1.61. The van der Waals surface area contributed by atoms with Crippen LogP contribution in [0.25, 0.3) is 0 Å². The van der Waals surface area contributed by atoms with Gasteiger partial charge in [0.1, 0.15) is 11.5 Å². The van der Waals surface area contributed by atoms with Gasteiger partial charge < -0.3 is 19.6 Å². The van der Waals surface area contributed by atoms with Crippen LogP contribution in [0, 0.1) is 5.92 Å². The molecule has 3 rings (SSSR count). The Morgan fingerprint density at radius 3 is 2.38 bits per heavy atom. The van der Waals surface area contributed by atoms with Crippen molar-refractivity contribution in [3.05, 3.63) is 24.3 Å². The Morgan fingerprint density at radius 2 is 1.66 bits per heavy atom. The van der Waals surface area contributed by atoms with Gasteiger partial charge in [0.15, 0.2) is 6.10 Å². The van der Waals surface area contributed by atoms with Crippen LogP contribution in [0.5, 0.6) is 11.5 Å². The van der Waals surface area contributed by atoms with E-state index in [9.17, 15) is 14.7 Å². The summed E-state index contributed by atoms with van der Waals surface area (Å²) < 4.78 is 5.72. The molecule has 1 saturated heterocycles. The summed E-state index contributed by atoms with van der Waals surface area (Å²) in [6.45, 7) is 4.26. The van der Waals surface area contributed by atoms with Gasteiger partial charge in [-0.2, -0.15) is 0 Å². The van der Waals surface area contributed by atoms with E-state index in [0.29, 0.717) is 31.8 Å². The number of benzene rings is 1. The van der Waals surface area contributed by atoms with Gasteiger partial charge in [0, 0.05) is 32.6 Å². The Morgan fingerprint density at radius 1 is 1.00 bits per heavy atom. The summed E-state index contributed by atoms with van der Waals surface area (Å²) in [5.41, 5.74) is 0. The van der Waals surface area contributed by atoms with Gasteiger partial charge in [0.2, 0.25) is 5.91 Å². The average Bonchev–Trinajstić information content (AvgIpc) is 3.00. The molecule has 1 N–H and O–H groups in total.